The Morgan fingerprint density at radius 2 is 1.84 bits per heavy atom. The van der Waals surface area contributed by atoms with Gasteiger partial charge in [0.25, 0.3) is 5.91 Å². The second-order valence-electron chi connectivity index (χ2n) is 7.81. The quantitative estimate of drug-likeness (QED) is 0.617. The van der Waals surface area contributed by atoms with Crippen LogP contribution in [0.3, 0.4) is 0 Å². The molecule has 164 valence electrons. The summed E-state index contributed by atoms with van der Waals surface area (Å²) < 4.78 is 45.6. The Morgan fingerprint density at radius 1 is 1.10 bits per heavy atom. The summed E-state index contributed by atoms with van der Waals surface area (Å²) >= 11 is 0. The number of halogens is 3. The van der Waals surface area contributed by atoms with Crippen LogP contribution in [0.4, 0.5) is 13.2 Å². The van der Waals surface area contributed by atoms with E-state index in [2.05, 4.69) is 10.3 Å². The summed E-state index contributed by atoms with van der Waals surface area (Å²) in [7, 11) is 0. The number of H-pyrrole nitrogens is 1. The first-order valence-corrected chi connectivity index (χ1v) is 10.2. The number of fused-ring (bicyclic) bond motifs is 1. The summed E-state index contributed by atoms with van der Waals surface area (Å²) in [6, 6.07) is 17.7. The van der Waals surface area contributed by atoms with Crippen LogP contribution in [0.15, 0.2) is 60.7 Å². The van der Waals surface area contributed by atoms with Crippen molar-refractivity contribution in [3.05, 3.63) is 71.9 Å². The van der Waals surface area contributed by atoms with Gasteiger partial charge in [-0.15, -0.1) is 0 Å². The molecule has 1 saturated heterocycles. The monoisotopic (exact) mass is 431 g/mol. The van der Waals surface area contributed by atoms with Crippen LogP contribution in [0.2, 0.25) is 0 Å². The third-order valence-corrected chi connectivity index (χ3v) is 5.44. The summed E-state index contributed by atoms with van der Waals surface area (Å²) in [4.78, 5) is 16.9. The Kier molecular flexibility index (Phi) is 6.29. The van der Waals surface area contributed by atoms with Crippen LogP contribution in [-0.4, -0.2) is 53.8 Å². The van der Waals surface area contributed by atoms with Crippen LogP contribution >= 0.6 is 0 Å². The number of rotatable bonds is 6. The second kappa shape index (κ2) is 9.11. The lowest BCUT2D eigenvalue weighted by Gasteiger charge is -2.38. The molecule has 3 aromatic rings. The van der Waals surface area contributed by atoms with Crippen molar-refractivity contribution in [2.24, 2.45) is 0 Å². The Morgan fingerprint density at radius 3 is 2.58 bits per heavy atom. The molecule has 2 N–H and O–H groups in total. The van der Waals surface area contributed by atoms with Crippen molar-refractivity contribution in [3.63, 3.8) is 0 Å². The predicted molar refractivity (Wildman–Crippen MR) is 112 cm³/mol. The Bertz CT molecular complexity index is 987. The van der Waals surface area contributed by atoms with E-state index < -0.39 is 24.7 Å². The maximum atomic E-state index is 13.3. The van der Waals surface area contributed by atoms with Crippen LogP contribution in [0.25, 0.3) is 10.9 Å². The van der Waals surface area contributed by atoms with Gasteiger partial charge < -0.3 is 19.9 Å². The SMILES string of the molecule is O=C(c1cc2ccccc2[nH]1)N(CC(F)(F)F)[C@H]1COCC(NCc2ccccc2)C1. The Balaban J connectivity index is 1.50. The summed E-state index contributed by atoms with van der Waals surface area (Å²) in [6.45, 7) is -0.271. The van der Waals surface area contributed by atoms with Crippen molar-refractivity contribution >= 4 is 16.8 Å². The predicted octanol–water partition coefficient (Wildman–Crippen LogP) is 4.12. The van der Waals surface area contributed by atoms with Gasteiger partial charge >= 0.3 is 6.18 Å². The van der Waals surface area contributed by atoms with Gasteiger partial charge in [-0.3, -0.25) is 4.79 Å². The number of carbonyl (C=O) groups is 1. The first-order valence-electron chi connectivity index (χ1n) is 10.2. The number of nitrogens with one attached hydrogen (secondary N) is 2. The molecule has 1 aliphatic rings. The maximum Gasteiger partial charge on any atom is 0.406 e. The third-order valence-electron chi connectivity index (χ3n) is 5.44. The van der Waals surface area contributed by atoms with Gasteiger partial charge in [0.05, 0.1) is 19.3 Å². The highest BCUT2D eigenvalue weighted by Gasteiger charge is 2.39. The molecule has 2 heterocycles. The molecule has 8 heteroatoms. The highest BCUT2D eigenvalue weighted by atomic mass is 19.4. The van der Waals surface area contributed by atoms with Crippen molar-refractivity contribution < 1.29 is 22.7 Å². The molecule has 2 aromatic carbocycles. The highest BCUT2D eigenvalue weighted by Crippen LogP contribution is 2.25. The fourth-order valence-electron chi connectivity index (χ4n) is 3.93. The summed E-state index contributed by atoms with van der Waals surface area (Å²) in [5.41, 5.74) is 1.93. The van der Waals surface area contributed by atoms with Gasteiger partial charge in [0.1, 0.15) is 12.2 Å². The molecule has 0 aliphatic carbocycles. The number of carbonyl (C=O) groups excluding carboxylic acids is 1. The topological polar surface area (TPSA) is 57.4 Å². The van der Waals surface area contributed by atoms with E-state index in [4.69, 9.17) is 4.74 Å². The molecule has 2 atom stereocenters. The zero-order valence-electron chi connectivity index (χ0n) is 16.9. The van der Waals surface area contributed by atoms with E-state index in [9.17, 15) is 18.0 Å². The van der Waals surface area contributed by atoms with Gasteiger partial charge in [-0.2, -0.15) is 13.2 Å². The lowest BCUT2D eigenvalue weighted by atomic mass is 10.0. The lowest BCUT2D eigenvalue weighted by Crippen LogP contribution is -2.53. The molecule has 1 aromatic heterocycles. The minimum atomic E-state index is -4.51. The number of aromatic nitrogens is 1. The van der Waals surface area contributed by atoms with Crippen molar-refractivity contribution in [1.29, 1.82) is 0 Å². The highest BCUT2D eigenvalue weighted by molar-refractivity contribution is 5.98. The molecule has 1 fully saturated rings. The molecule has 0 bridgehead atoms. The number of nitrogens with zero attached hydrogens (tertiary/aromatic N) is 1. The molecule has 4 rings (SSSR count). The number of aromatic amines is 1. The van der Waals surface area contributed by atoms with E-state index in [1.807, 2.05) is 42.5 Å². The van der Waals surface area contributed by atoms with Gasteiger partial charge in [0, 0.05) is 23.5 Å². The van der Waals surface area contributed by atoms with Gasteiger partial charge in [-0.25, -0.2) is 0 Å². The van der Waals surface area contributed by atoms with Crippen LogP contribution in [0.5, 0.6) is 0 Å². The van der Waals surface area contributed by atoms with Gasteiger partial charge in [0.15, 0.2) is 0 Å². The molecule has 0 radical (unpaired) electrons. The van der Waals surface area contributed by atoms with E-state index in [1.165, 1.54) is 0 Å². The molecular weight excluding hydrogens is 407 g/mol. The van der Waals surface area contributed by atoms with E-state index >= 15 is 0 Å². The zero-order valence-corrected chi connectivity index (χ0v) is 16.9. The minimum absolute atomic E-state index is 0.0750. The molecule has 5 nitrogen and oxygen atoms in total. The lowest BCUT2D eigenvalue weighted by molar-refractivity contribution is -0.149. The summed E-state index contributed by atoms with van der Waals surface area (Å²) in [5.74, 6) is -0.675. The largest absolute Gasteiger partial charge is 0.406 e. The van der Waals surface area contributed by atoms with Crippen molar-refractivity contribution in [1.82, 2.24) is 15.2 Å². The first kappa shape index (κ1) is 21.4. The number of hydrogen-bond acceptors (Lipinski definition) is 3. The maximum absolute atomic E-state index is 13.3. The van der Waals surface area contributed by atoms with E-state index in [0.29, 0.717) is 25.1 Å². The fraction of sp³-hybridized carbons (Fsp3) is 0.348. The van der Waals surface area contributed by atoms with E-state index in [0.717, 1.165) is 15.8 Å². The zero-order chi connectivity index (χ0) is 21.8. The molecular formula is C23H24F3N3O2. The van der Waals surface area contributed by atoms with Crippen LogP contribution in [0, 0.1) is 0 Å². The smallest absolute Gasteiger partial charge is 0.378 e. The normalized spacial score (nSPS) is 19.5. The number of ether oxygens (including phenoxy) is 1. The standard InChI is InChI=1S/C23H24F3N3O2/c24-23(25,26)15-29(22(30)21-10-17-8-4-5-9-20(17)28-21)19-11-18(13-31-14-19)27-12-16-6-2-1-3-7-16/h1-10,18-19,27-28H,11-15H2/t18?,19-/m1/s1. The van der Waals surface area contributed by atoms with Crippen molar-refractivity contribution in [2.45, 2.75) is 31.2 Å². The number of hydrogen-bond donors (Lipinski definition) is 2. The molecule has 31 heavy (non-hydrogen) atoms. The Hall–Kier alpha value is -2.84. The minimum Gasteiger partial charge on any atom is -0.378 e. The molecule has 1 amide bonds. The van der Waals surface area contributed by atoms with Gasteiger partial charge in [-0.1, -0.05) is 48.5 Å². The van der Waals surface area contributed by atoms with Crippen molar-refractivity contribution in [3.8, 4) is 0 Å². The number of amides is 1. The van der Waals surface area contributed by atoms with E-state index in [1.54, 1.807) is 18.2 Å². The van der Waals surface area contributed by atoms with Gasteiger partial charge in [0.2, 0.25) is 0 Å². The summed E-state index contributed by atoms with van der Waals surface area (Å²) in [5, 5.41) is 4.11. The Labute approximate surface area is 178 Å². The van der Waals surface area contributed by atoms with E-state index in [-0.39, 0.29) is 18.3 Å². The number of para-hydroxylation sites is 1. The number of alkyl halides is 3. The van der Waals surface area contributed by atoms with Crippen LogP contribution in [-0.2, 0) is 11.3 Å². The molecule has 1 aliphatic heterocycles. The van der Waals surface area contributed by atoms with Crippen LogP contribution < -0.4 is 5.32 Å². The molecule has 0 spiro atoms. The van der Waals surface area contributed by atoms with Crippen molar-refractivity contribution in [2.75, 3.05) is 19.8 Å². The number of benzene rings is 2. The first-order chi connectivity index (χ1) is 14.9. The van der Waals surface area contributed by atoms with Crippen LogP contribution in [0.1, 0.15) is 22.5 Å². The average molecular weight is 431 g/mol. The third kappa shape index (κ3) is 5.45. The molecule has 0 saturated carbocycles. The van der Waals surface area contributed by atoms with Gasteiger partial charge in [-0.05, 0) is 24.1 Å². The fourth-order valence-corrected chi connectivity index (χ4v) is 3.93. The second-order valence-corrected chi connectivity index (χ2v) is 7.81. The molecule has 1 unspecified atom stereocenters. The summed E-state index contributed by atoms with van der Waals surface area (Å²) in [6.07, 6.45) is -4.12. The average Bonchev–Trinajstić information content (AvgIpc) is 3.20.